The predicted octanol–water partition coefficient (Wildman–Crippen LogP) is -2.43. The number of aromatic hydroxyl groups is 3. The van der Waals surface area contributed by atoms with E-state index >= 15 is 0 Å². The van der Waals surface area contributed by atoms with Gasteiger partial charge in [-0.3, -0.25) is 4.79 Å². The summed E-state index contributed by atoms with van der Waals surface area (Å²) in [6, 6.07) is 6.38. The van der Waals surface area contributed by atoms with Gasteiger partial charge in [0.2, 0.25) is 29.8 Å². The Morgan fingerprint density at radius 2 is 1.43 bits per heavy atom. The van der Waals surface area contributed by atoms with E-state index < -0.39 is 108 Å². The minimum atomic E-state index is -1.97. The number of phenols is 3. The van der Waals surface area contributed by atoms with Crippen LogP contribution in [0.25, 0.3) is 22.3 Å². The Morgan fingerprint density at radius 3 is 2.10 bits per heavy atom. The summed E-state index contributed by atoms with van der Waals surface area (Å²) < 4.78 is 27.3. The monoisotopic (exact) mass is 596 g/mol. The predicted molar refractivity (Wildman–Crippen MR) is 136 cm³/mol. The molecular weight excluding hydrogens is 568 g/mol. The van der Waals surface area contributed by atoms with Crippen molar-refractivity contribution in [2.45, 2.75) is 55.3 Å². The Morgan fingerprint density at radius 1 is 0.786 bits per heavy atom. The minimum Gasteiger partial charge on any atom is -0.508 e. The van der Waals surface area contributed by atoms with Gasteiger partial charge in [-0.05, 0) is 24.3 Å². The molecule has 0 spiro atoms. The summed E-state index contributed by atoms with van der Waals surface area (Å²) in [4.78, 5) is 13.3. The van der Waals surface area contributed by atoms with Crippen molar-refractivity contribution in [1.82, 2.24) is 0 Å². The Balaban J connectivity index is 1.66. The number of fused-ring (bicyclic) bond motifs is 1. The highest BCUT2D eigenvalue weighted by atomic mass is 16.7. The lowest BCUT2D eigenvalue weighted by molar-refractivity contribution is -0.277. The molecule has 0 radical (unpaired) electrons. The van der Waals surface area contributed by atoms with Crippen LogP contribution in [0.1, 0.15) is 0 Å². The fraction of sp³-hybridized carbons (Fsp3) is 0.423. The van der Waals surface area contributed by atoms with E-state index in [0.29, 0.717) is 0 Å². The molecule has 16 heteroatoms. The average molecular weight is 596 g/mol. The Kier molecular flexibility index (Phi) is 8.17. The van der Waals surface area contributed by atoms with Crippen molar-refractivity contribution in [2.75, 3.05) is 13.2 Å². The van der Waals surface area contributed by atoms with Crippen LogP contribution in [0.5, 0.6) is 28.7 Å². The standard InChI is InChI=1S/C26H28O16/c27-6-13-16(32)18(34)20(36)26(40-13)42-24-21(37)23(41-25-19(35)15(31)11(30)7-38-25)17(33)14-10(29)5-12(39-22(14)24)8-1-3-9(28)4-2-8/h1-5,11,13,15-16,18-20,25-28,30-37H,6-7H2/t11-,13-,15-,16-,18+,19+,20-,25-,26+/m1/s1. The molecule has 5 rings (SSSR count). The maximum absolute atomic E-state index is 13.3. The zero-order valence-corrected chi connectivity index (χ0v) is 21.4. The van der Waals surface area contributed by atoms with Crippen LogP contribution in [0.3, 0.4) is 0 Å². The molecule has 0 aliphatic carbocycles. The summed E-state index contributed by atoms with van der Waals surface area (Å²) in [5, 5.41) is 102. The summed E-state index contributed by atoms with van der Waals surface area (Å²) in [6.07, 6.45) is -15.8. The second-order valence-corrected chi connectivity index (χ2v) is 9.76. The van der Waals surface area contributed by atoms with Crippen LogP contribution in [0, 0.1) is 0 Å². The van der Waals surface area contributed by atoms with E-state index in [1.807, 2.05) is 0 Å². The second kappa shape index (κ2) is 11.5. The van der Waals surface area contributed by atoms with E-state index in [2.05, 4.69) is 0 Å². The molecular formula is C26H28O16. The van der Waals surface area contributed by atoms with Gasteiger partial charge in [0.25, 0.3) is 0 Å². The van der Waals surface area contributed by atoms with Gasteiger partial charge in [-0.1, -0.05) is 0 Å². The molecule has 3 heterocycles. The third-order valence-corrected chi connectivity index (χ3v) is 6.96. The van der Waals surface area contributed by atoms with E-state index in [1.165, 1.54) is 24.3 Å². The van der Waals surface area contributed by atoms with Gasteiger partial charge in [-0.15, -0.1) is 0 Å². The summed E-state index contributed by atoms with van der Waals surface area (Å²) in [7, 11) is 0. The van der Waals surface area contributed by atoms with Crippen molar-refractivity contribution in [3.8, 4) is 40.1 Å². The van der Waals surface area contributed by atoms with Gasteiger partial charge in [-0.2, -0.15) is 0 Å². The quantitative estimate of drug-likeness (QED) is 0.142. The lowest BCUT2D eigenvalue weighted by Crippen LogP contribution is -2.60. The molecule has 2 aromatic carbocycles. The first-order valence-electron chi connectivity index (χ1n) is 12.6. The van der Waals surface area contributed by atoms with Crippen LogP contribution in [0.2, 0.25) is 0 Å². The van der Waals surface area contributed by atoms with Crippen LogP contribution >= 0.6 is 0 Å². The molecule has 2 aliphatic heterocycles. The maximum Gasteiger partial charge on any atom is 0.229 e. The molecule has 1 aromatic heterocycles. The van der Waals surface area contributed by atoms with Gasteiger partial charge in [0.1, 0.15) is 59.6 Å². The van der Waals surface area contributed by atoms with Crippen molar-refractivity contribution in [3.63, 3.8) is 0 Å². The highest BCUT2D eigenvalue weighted by molar-refractivity contribution is 5.95. The van der Waals surface area contributed by atoms with Gasteiger partial charge in [-0.25, -0.2) is 0 Å². The van der Waals surface area contributed by atoms with E-state index in [0.717, 1.165) is 6.07 Å². The highest BCUT2D eigenvalue weighted by Gasteiger charge is 2.46. The molecule has 16 nitrogen and oxygen atoms in total. The van der Waals surface area contributed by atoms with Crippen LogP contribution in [0.15, 0.2) is 39.5 Å². The third-order valence-electron chi connectivity index (χ3n) is 6.96. The van der Waals surface area contributed by atoms with Crippen molar-refractivity contribution < 1.29 is 74.4 Å². The molecule has 2 fully saturated rings. The first kappa shape index (κ1) is 29.8. The van der Waals surface area contributed by atoms with Crippen molar-refractivity contribution in [2.24, 2.45) is 0 Å². The van der Waals surface area contributed by atoms with E-state index in [4.69, 9.17) is 23.4 Å². The zero-order chi connectivity index (χ0) is 30.5. The molecule has 2 aliphatic rings. The number of benzene rings is 2. The number of hydrogen-bond acceptors (Lipinski definition) is 16. The molecule has 42 heavy (non-hydrogen) atoms. The number of ether oxygens (including phenoxy) is 4. The van der Waals surface area contributed by atoms with Gasteiger partial charge in [0.15, 0.2) is 16.8 Å². The molecule has 3 aromatic rings. The Labute approximate surface area is 235 Å². The van der Waals surface area contributed by atoms with Crippen LogP contribution in [-0.2, 0) is 9.47 Å². The van der Waals surface area contributed by atoms with E-state index in [1.54, 1.807) is 0 Å². The lowest BCUT2D eigenvalue weighted by Gasteiger charge is -2.39. The average Bonchev–Trinajstić information content (AvgIpc) is 2.97. The molecule has 2 saturated heterocycles. The van der Waals surface area contributed by atoms with E-state index in [9.17, 15) is 55.9 Å². The van der Waals surface area contributed by atoms with E-state index in [-0.39, 0.29) is 17.1 Å². The Bertz CT molecular complexity index is 1490. The molecule has 10 N–H and O–H groups in total. The molecule has 0 unspecified atom stereocenters. The third kappa shape index (κ3) is 5.19. The first-order valence-corrected chi connectivity index (χ1v) is 12.6. The topological polar surface area (TPSA) is 269 Å². The number of rotatable bonds is 6. The van der Waals surface area contributed by atoms with Gasteiger partial charge < -0.3 is 74.4 Å². The molecule has 9 atom stereocenters. The summed E-state index contributed by atoms with van der Waals surface area (Å²) in [6.45, 7) is -1.32. The zero-order valence-electron chi connectivity index (χ0n) is 21.4. The molecule has 0 saturated carbocycles. The highest BCUT2D eigenvalue weighted by Crippen LogP contribution is 2.51. The fourth-order valence-corrected chi connectivity index (χ4v) is 4.58. The number of aliphatic hydroxyl groups is 7. The summed E-state index contributed by atoms with van der Waals surface area (Å²) in [5.41, 5.74) is -1.23. The fourth-order valence-electron chi connectivity index (χ4n) is 4.58. The number of aliphatic hydroxyl groups excluding tert-OH is 7. The van der Waals surface area contributed by atoms with Crippen LogP contribution < -0.4 is 14.9 Å². The van der Waals surface area contributed by atoms with Gasteiger partial charge in [0.05, 0.1) is 13.2 Å². The maximum atomic E-state index is 13.3. The van der Waals surface area contributed by atoms with Gasteiger partial charge >= 0.3 is 0 Å². The smallest absolute Gasteiger partial charge is 0.229 e. The number of phenolic OH excluding ortho intramolecular Hbond substituents is 3. The lowest BCUT2D eigenvalue weighted by atomic mass is 9.99. The summed E-state index contributed by atoms with van der Waals surface area (Å²) >= 11 is 0. The first-order chi connectivity index (χ1) is 19.9. The van der Waals surface area contributed by atoms with Crippen molar-refractivity contribution in [3.05, 3.63) is 40.6 Å². The molecule has 0 amide bonds. The molecule has 228 valence electrons. The summed E-state index contributed by atoms with van der Waals surface area (Å²) in [5.74, 6) is -3.99. The largest absolute Gasteiger partial charge is 0.508 e. The Hall–Kier alpha value is -3.71. The van der Waals surface area contributed by atoms with Crippen molar-refractivity contribution in [1.29, 1.82) is 0 Å². The minimum absolute atomic E-state index is 0.0876. The normalized spacial score (nSPS) is 31.6. The molecule has 0 bridgehead atoms. The van der Waals surface area contributed by atoms with Crippen molar-refractivity contribution >= 4 is 11.0 Å². The van der Waals surface area contributed by atoms with Crippen LogP contribution in [-0.4, -0.2) is 120 Å². The second-order valence-electron chi connectivity index (χ2n) is 9.76. The SMILES string of the molecule is O=c1cc(-c2ccc(O)cc2)oc2c(O[C@@H]3O[C@H](CO)[C@@H](O)[C@H](O)[C@H]3O)c(O)c(O[C@H]3OC[C@@H](O)[C@@H](O)[C@@H]3O)c(O)c12. The number of hydrogen-bond donors (Lipinski definition) is 10. The van der Waals surface area contributed by atoms with Crippen LogP contribution in [0.4, 0.5) is 0 Å². The van der Waals surface area contributed by atoms with Gasteiger partial charge in [0, 0.05) is 11.6 Å².